The SMILES string of the molecule is CC1=C(C#N)C(c2cn(-c3ccccc3)nc2-c2ccc(O)cc2)C(C#N)=C(C)N1. The minimum atomic E-state index is -0.525. The summed E-state index contributed by atoms with van der Waals surface area (Å²) in [5.41, 5.74) is 5.52. The van der Waals surface area contributed by atoms with Crippen LogP contribution in [0.15, 0.2) is 83.3 Å². The van der Waals surface area contributed by atoms with Gasteiger partial charge in [-0.25, -0.2) is 4.68 Å². The van der Waals surface area contributed by atoms with Gasteiger partial charge in [0.15, 0.2) is 0 Å². The van der Waals surface area contributed by atoms with E-state index in [2.05, 4.69) is 17.5 Å². The molecule has 1 aromatic heterocycles. The molecule has 146 valence electrons. The molecule has 30 heavy (non-hydrogen) atoms. The van der Waals surface area contributed by atoms with Crippen LogP contribution >= 0.6 is 0 Å². The van der Waals surface area contributed by atoms with Gasteiger partial charge in [0, 0.05) is 28.7 Å². The molecule has 4 rings (SSSR count). The lowest BCUT2D eigenvalue weighted by Crippen LogP contribution is -2.23. The molecule has 6 nitrogen and oxygen atoms in total. The van der Waals surface area contributed by atoms with Gasteiger partial charge in [-0.3, -0.25) is 0 Å². The molecule has 0 unspecified atom stereocenters. The van der Waals surface area contributed by atoms with Crippen molar-refractivity contribution in [3.63, 3.8) is 0 Å². The standard InChI is InChI=1S/C24H19N5O/c1-15-20(12-25)23(21(13-26)16(2)27-15)22-14-29(18-6-4-3-5-7-18)28-24(22)17-8-10-19(30)11-9-17/h3-11,14,23,27,30H,1-2H3. The molecule has 2 N–H and O–H groups in total. The summed E-state index contributed by atoms with van der Waals surface area (Å²) in [4.78, 5) is 0. The van der Waals surface area contributed by atoms with E-state index in [1.165, 1.54) is 0 Å². The smallest absolute Gasteiger partial charge is 0.115 e. The molecular formula is C24H19N5O. The summed E-state index contributed by atoms with van der Waals surface area (Å²) >= 11 is 0. The Morgan fingerprint density at radius 1 is 0.933 bits per heavy atom. The lowest BCUT2D eigenvalue weighted by atomic mass is 9.81. The predicted molar refractivity (Wildman–Crippen MR) is 113 cm³/mol. The van der Waals surface area contributed by atoms with Gasteiger partial charge in [-0.2, -0.15) is 15.6 Å². The maximum absolute atomic E-state index is 9.87. The van der Waals surface area contributed by atoms with Gasteiger partial charge in [0.05, 0.1) is 40.6 Å². The molecule has 1 aliphatic heterocycles. The zero-order chi connectivity index (χ0) is 21.3. The van der Waals surface area contributed by atoms with Crippen molar-refractivity contribution < 1.29 is 5.11 Å². The molecule has 0 radical (unpaired) electrons. The second-order valence-corrected chi connectivity index (χ2v) is 7.12. The highest BCUT2D eigenvalue weighted by molar-refractivity contribution is 5.69. The molecule has 0 spiro atoms. The first-order chi connectivity index (χ1) is 14.5. The second-order valence-electron chi connectivity index (χ2n) is 7.12. The molecular weight excluding hydrogens is 374 g/mol. The van der Waals surface area contributed by atoms with Crippen LogP contribution in [0.2, 0.25) is 0 Å². The van der Waals surface area contributed by atoms with E-state index in [9.17, 15) is 15.6 Å². The van der Waals surface area contributed by atoms with Gasteiger partial charge < -0.3 is 10.4 Å². The largest absolute Gasteiger partial charge is 0.508 e. The fourth-order valence-electron chi connectivity index (χ4n) is 3.76. The number of phenols is 1. The van der Waals surface area contributed by atoms with E-state index < -0.39 is 5.92 Å². The Bertz CT molecular complexity index is 1220. The number of benzene rings is 2. The fraction of sp³-hybridized carbons (Fsp3) is 0.125. The van der Waals surface area contributed by atoms with Crippen molar-refractivity contribution in [2.24, 2.45) is 0 Å². The molecule has 2 heterocycles. The molecule has 0 aliphatic carbocycles. The van der Waals surface area contributed by atoms with Crippen LogP contribution in [0.1, 0.15) is 25.3 Å². The van der Waals surface area contributed by atoms with Crippen LogP contribution in [0, 0.1) is 22.7 Å². The maximum Gasteiger partial charge on any atom is 0.115 e. The Morgan fingerprint density at radius 3 is 2.10 bits per heavy atom. The van der Waals surface area contributed by atoms with E-state index in [0.29, 0.717) is 16.8 Å². The van der Waals surface area contributed by atoms with Crippen molar-refractivity contribution in [2.45, 2.75) is 19.8 Å². The fourth-order valence-corrected chi connectivity index (χ4v) is 3.76. The zero-order valence-corrected chi connectivity index (χ0v) is 16.6. The minimum Gasteiger partial charge on any atom is -0.508 e. The zero-order valence-electron chi connectivity index (χ0n) is 16.6. The normalized spacial score (nSPS) is 14.3. The third kappa shape index (κ3) is 3.21. The van der Waals surface area contributed by atoms with E-state index in [-0.39, 0.29) is 5.75 Å². The maximum atomic E-state index is 9.87. The van der Waals surface area contributed by atoms with Gasteiger partial charge in [0.1, 0.15) is 5.75 Å². The number of dihydropyridines is 1. The molecule has 0 atom stereocenters. The van der Waals surface area contributed by atoms with Crippen molar-refractivity contribution in [3.05, 3.63) is 88.9 Å². The summed E-state index contributed by atoms with van der Waals surface area (Å²) in [5, 5.41) is 37.4. The van der Waals surface area contributed by atoms with E-state index in [1.54, 1.807) is 28.9 Å². The van der Waals surface area contributed by atoms with Gasteiger partial charge in [-0.05, 0) is 50.2 Å². The van der Waals surface area contributed by atoms with E-state index in [4.69, 9.17) is 5.10 Å². The Kier molecular flexibility index (Phi) is 4.83. The average Bonchev–Trinajstić information content (AvgIpc) is 3.19. The number of rotatable bonds is 3. The van der Waals surface area contributed by atoms with Crippen LogP contribution in [0.3, 0.4) is 0 Å². The van der Waals surface area contributed by atoms with Crippen LogP contribution in [-0.2, 0) is 0 Å². The Balaban J connectivity index is 1.99. The highest BCUT2D eigenvalue weighted by Crippen LogP contribution is 2.41. The van der Waals surface area contributed by atoms with Gasteiger partial charge >= 0.3 is 0 Å². The summed E-state index contributed by atoms with van der Waals surface area (Å²) in [6.45, 7) is 3.68. The summed E-state index contributed by atoms with van der Waals surface area (Å²) in [5.74, 6) is -0.367. The summed E-state index contributed by atoms with van der Waals surface area (Å²) < 4.78 is 1.76. The van der Waals surface area contributed by atoms with Gasteiger partial charge in [-0.1, -0.05) is 18.2 Å². The Morgan fingerprint density at radius 2 is 1.53 bits per heavy atom. The number of nitriles is 2. The number of aromatic nitrogens is 2. The third-order valence-electron chi connectivity index (χ3n) is 5.22. The molecule has 0 fully saturated rings. The van der Waals surface area contributed by atoms with E-state index in [0.717, 1.165) is 28.2 Å². The lowest BCUT2D eigenvalue weighted by molar-refractivity contribution is 0.475. The number of allylic oxidation sites excluding steroid dienone is 4. The van der Waals surface area contributed by atoms with Crippen LogP contribution in [0.4, 0.5) is 0 Å². The Labute approximate surface area is 174 Å². The highest BCUT2D eigenvalue weighted by Gasteiger charge is 2.33. The molecule has 3 aromatic rings. The first-order valence-corrected chi connectivity index (χ1v) is 9.46. The minimum absolute atomic E-state index is 0.159. The number of nitrogens with one attached hydrogen (secondary N) is 1. The molecule has 0 amide bonds. The number of phenolic OH excluding ortho intramolecular Hbond substituents is 1. The summed E-state index contributed by atoms with van der Waals surface area (Å²) in [7, 11) is 0. The third-order valence-corrected chi connectivity index (χ3v) is 5.22. The van der Waals surface area contributed by atoms with Crippen molar-refractivity contribution in [2.75, 3.05) is 0 Å². The molecule has 6 heteroatoms. The topological polar surface area (TPSA) is 97.7 Å². The molecule has 0 saturated heterocycles. The number of aromatic hydroxyl groups is 1. The van der Waals surface area contributed by atoms with E-state index >= 15 is 0 Å². The quantitative estimate of drug-likeness (QED) is 0.681. The van der Waals surface area contributed by atoms with Crippen LogP contribution < -0.4 is 5.32 Å². The van der Waals surface area contributed by atoms with Gasteiger partial charge in [0.2, 0.25) is 0 Å². The average molecular weight is 393 g/mol. The van der Waals surface area contributed by atoms with Gasteiger partial charge in [-0.15, -0.1) is 0 Å². The van der Waals surface area contributed by atoms with Crippen molar-refractivity contribution in [3.8, 4) is 34.8 Å². The molecule has 0 bridgehead atoms. The monoisotopic (exact) mass is 393 g/mol. The first kappa shape index (κ1) is 19.0. The second kappa shape index (κ2) is 7.62. The van der Waals surface area contributed by atoms with Crippen molar-refractivity contribution in [1.29, 1.82) is 10.5 Å². The number of nitrogens with zero attached hydrogens (tertiary/aromatic N) is 4. The number of para-hydroxylation sites is 1. The molecule has 1 aliphatic rings. The molecule has 0 saturated carbocycles. The summed E-state index contributed by atoms with van der Waals surface area (Å²) in [6.07, 6.45) is 1.88. The highest BCUT2D eigenvalue weighted by atomic mass is 16.3. The van der Waals surface area contributed by atoms with Crippen molar-refractivity contribution in [1.82, 2.24) is 15.1 Å². The lowest BCUT2D eigenvalue weighted by Gasteiger charge is -2.25. The Hall–Kier alpha value is -4.29. The van der Waals surface area contributed by atoms with Crippen LogP contribution in [-0.4, -0.2) is 14.9 Å². The van der Waals surface area contributed by atoms with Crippen LogP contribution in [0.5, 0.6) is 5.75 Å². The molecule has 2 aromatic carbocycles. The first-order valence-electron chi connectivity index (χ1n) is 9.46. The number of hydrogen-bond acceptors (Lipinski definition) is 5. The number of hydrogen-bond donors (Lipinski definition) is 2. The van der Waals surface area contributed by atoms with Crippen LogP contribution in [0.25, 0.3) is 16.9 Å². The predicted octanol–water partition coefficient (Wildman–Crippen LogP) is 4.53. The van der Waals surface area contributed by atoms with Gasteiger partial charge in [0.25, 0.3) is 0 Å². The summed E-state index contributed by atoms with van der Waals surface area (Å²) in [6, 6.07) is 21.0. The van der Waals surface area contributed by atoms with E-state index in [1.807, 2.05) is 50.4 Å². The van der Waals surface area contributed by atoms with Crippen molar-refractivity contribution >= 4 is 0 Å².